The van der Waals surface area contributed by atoms with Crippen molar-refractivity contribution in [1.29, 1.82) is 0 Å². The van der Waals surface area contributed by atoms with Gasteiger partial charge in [0.2, 0.25) is 0 Å². The molecule has 1 atom stereocenters. The average molecular weight is 414 g/mol. The first-order chi connectivity index (χ1) is 15.0. The minimum Gasteiger partial charge on any atom is -0.344 e. The number of nitrogens with zero attached hydrogens (tertiary/aromatic N) is 7. The van der Waals surface area contributed by atoms with Crippen molar-refractivity contribution in [2.45, 2.75) is 33.2 Å². The number of amides is 1. The first kappa shape index (κ1) is 20.3. The van der Waals surface area contributed by atoms with Crippen LogP contribution in [0.2, 0.25) is 0 Å². The Bertz CT molecular complexity index is 1190. The van der Waals surface area contributed by atoms with E-state index in [-0.39, 0.29) is 11.9 Å². The van der Waals surface area contributed by atoms with Gasteiger partial charge in [0.1, 0.15) is 0 Å². The van der Waals surface area contributed by atoms with Crippen molar-refractivity contribution in [3.05, 3.63) is 77.8 Å². The second kappa shape index (κ2) is 8.78. The zero-order chi connectivity index (χ0) is 21.8. The van der Waals surface area contributed by atoms with Crippen LogP contribution in [0.15, 0.2) is 55.1 Å². The fraction of sp³-hybridized carbons (Fsp3) is 0.227. The minimum absolute atomic E-state index is 0.237. The quantitative estimate of drug-likeness (QED) is 0.516. The molecule has 0 aliphatic carbocycles. The lowest BCUT2D eigenvalue weighted by atomic mass is 10.0. The number of carbonyl (C=O) groups excluding carboxylic acids is 1. The summed E-state index contributed by atoms with van der Waals surface area (Å²) in [5.74, 6) is 0.466. The SMILES string of the molecule is CCc1nnnn1-c1cc(C(=O)NC(C)c2cnccn2)cc(-c2ccc(C)cn2)c1. The Kier molecular flexibility index (Phi) is 5.74. The molecule has 0 fully saturated rings. The lowest BCUT2D eigenvalue weighted by Crippen LogP contribution is -2.27. The number of carbonyl (C=O) groups is 1. The summed E-state index contributed by atoms with van der Waals surface area (Å²) in [5, 5.41) is 14.9. The molecule has 31 heavy (non-hydrogen) atoms. The first-order valence-corrected chi connectivity index (χ1v) is 9.97. The van der Waals surface area contributed by atoms with E-state index in [0.29, 0.717) is 29.2 Å². The molecular weight excluding hydrogens is 392 g/mol. The number of nitrogens with one attached hydrogen (secondary N) is 1. The van der Waals surface area contributed by atoms with Crippen molar-refractivity contribution in [1.82, 2.24) is 40.5 Å². The molecule has 1 N–H and O–H groups in total. The molecule has 1 amide bonds. The van der Waals surface area contributed by atoms with E-state index in [2.05, 4.69) is 35.8 Å². The second-order valence-electron chi connectivity index (χ2n) is 7.18. The van der Waals surface area contributed by atoms with E-state index in [1.54, 1.807) is 35.5 Å². The second-order valence-corrected chi connectivity index (χ2v) is 7.18. The van der Waals surface area contributed by atoms with Gasteiger partial charge in [-0.15, -0.1) is 5.10 Å². The number of pyridine rings is 1. The summed E-state index contributed by atoms with van der Waals surface area (Å²) < 4.78 is 1.64. The first-order valence-electron chi connectivity index (χ1n) is 9.97. The number of tetrazole rings is 1. The molecule has 0 radical (unpaired) electrons. The highest BCUT2D eigenvalue weighted by Crippen LogP contribution is 2.24. The molecule has 156 valence electrons. The number of aryl methyl sites for hydroxylation is 2. The third kappa shape index (κ3) is 4.45. The van der Waals surface area contributed by atoms with Gasteiger partial charge in [-0.2, -0.15) is 4.68 Å². The summed E-state index contributed by atoms with van der Waals surface area (Å²) in [6.07, 6.45) is 7.29. The van der Waals surface area contributed by atoms with E-state index < -0.39 is 0 Å². The summed E-state index contributed by atoms with van der Waals surface area (Å²) in [6, 6.07) is 9.13. The van der Waals surface area contributed by atoms with Gasteiger partial charge in [-0.25, -0.2) is 0 Å². The Morgan fingerprint density at radius 3 is 2.71 bits per heavy atom. The molecule has 0 saturated carbocycles. The third-order valence-corrected chi connectivity index (χ3v) is 4.86. The number of benzene rings is 1. The predicted molar refractivity (Wildman–Crippen MR) is 114 cm³/mol. The molecule has 4 aromatic rings. The molecule has 0 aliphatic rings. The van der Waals surface area contributed by atoms with Gasteiger partial charge in [0.25, 0.3) is 5.91 Å². The molecule has 0 bridgehead atoms. The number of hydrogen-bond acceptors (Lipinski definition) is 7. The maximum atomic E-state index is 13.1. The highest BCUT2D eigenvalue weighted by molar-refractivity contribution is 5.96. The molecule has 3 heterocycles. The molecule has 0 spiro atoms. The third-order valence-electron chi connectivity index (χ3n) is 4.86. The average Bonchev–Trinajstić information content (AvgIpc) is 3.29. The largest absolute Gasteiger partial charge is 0.344 e. The van der Waals surface area contributed by atoms with E-state index in [9.17, 15) is 4.79 Å². The predicted octanol–water partition coefficient (Wildman–Crippen LogP) is 2.88. The molecule has 3 aromatic heterocycles. The van der Waals surface area contributed by atoms with Gasteiger partial charge < -0.3 is 5.32 Å². The summed E-state index contributed by atoms with van der Waals surface area (Å²) in [7, 11) is 0. The van der Waals surface area contributed by atoms with E-state index in [4.69, 9.17) is 0 Å². The molecule has 1 aromatic carbocycles. The van der Waals surface area contributed by atoms with Crippen molar-refractivity contribution >= 4 is 5.91 Å². The standard InChI is InChI=1S/C22H22N8O/c1-4-21-27-28-29-30(21)18-10-16(19-6-5-14(2)12-25-19)9-17(11-18)22(31)26-15(3)20-13-23-7-8-24-20/h5-13,15H,4H2,1-3H3,(H,26,31). The molecule has 9 nitrogen and oxygen atoms in total. The van der Waals surface area contributed by atoms with Gasteiger partial charge in [-0.1, -0.05) is 13.0 Å². The summed E-state index contributed by atoms with van der Waals surface area (Å²) in [6.45, 7) is 5.82. The van der Waals surface area contributed by atoms with E-state index in [0.717, 1.165) is 16.8 Å². The Hall–Kier alpha value is -4.01. The zero-order valence-corrected chi connectivity index (χ0v) is 17.5. The Balaban J connectivity index is 1.74. The Morgan fingerprint density at radius 2 is 2.00 bits per heavy atom. The Morgan fingerprint density at radius 1 is 1.13 bits per heavy atom. The van der Waals surface area contributed by atoms with Gasteiger partial charge in [0.15, 0.2) is 5.82 Å². The molecular formula is C22H22N8O. The summed E-state index contributed by atoms with van der Waals surface area (Å²) in [5.41, 5.74) is 4.47. The van der Waals surface area contributed by atoms with Crippen molar-refractivity contribution in [3.8, 4) is 16.9 Å². The number of aromatic nitrogens is 7. The van der Waals surface area contributed by atoms with Crippen LogP contribution in [0, 0.1) is 6.92 Å². The minimum atomic E-state index is -0.301. The zero-order valence-electron chi connectivity index (χ0n) is 17.5. The van der Waals surface area contributed by atoms with Gasteiger partial charge in [-0.05, 0) is 54.1 Å². The van der Waals surface area contributed by atoms with Crippen LogP contribution in [-0.4, -0.2) is 41.1 Å². The summed E-state index contributed by atoms with van der Waals surface area (Å²) in [4.78, 5) is 25.9. The maximum absolute atomic E-state index is 13.1. The van der Waals surface area contributed by atoms with Crippen LogP contribution in [0.25, 0.3) is 16.9 Å². The van der Waals surface area contributed by atoms with Crippen LogP contribution in [0.5, 0.6) is 0 Å². The highest BCUT2D eigenvalue weighted by Gasteiger charge is 2.17. The van der Waals surface area contributed by atoms with Gasteiger partial charge in [0.05, 0.1) is 29.3 Å². The molecule has 4 rings (SSSR count). The van der Waals surface area contributed by atoms with Gasteiger partial charge in [0, 0.05) is 36.1 Å². The molecule has 0 aliphatic heterocycles. The van der Waals surface area contributed by atoms with Crippen molar-refractivity contribution in [2.24, 2.45) is 0 Å². The normalized spacial score (nSPS) is 11.8. The van der Waals surface area contributed by atoms with Gasteiger partial charge in [-0.3, -0.25) is 19.7 Å². The lowest BCUT2D eigenvalue weighted by Gasteiger charge is -2.15. The van der Waals surface area contributed by atoms with Gasteiger partial charge >= 0.3 is 0 Å². The number of hydrogen-bond donors (Lipinski definition) is 1. The maximum Gasteiger partial charge on any atom is 0.251 e. The van der Waals surface area contributed by atoms with Crippen LogP contribution in [0.1, 0.15) is 47.3 Å². The monoisotopic (exact) mass is 414 g/mol. The molecule has 0 saturated heterocycles. The van der Waals surface area contributed by atoms with Crippen LogP contribution in [0.3, 0.4) is 0 Å². The van der Waals surface area contributed by atoms with E-state index in [1.165, 1.54) is 0 Å². The summed E-state index contributed by atoms with van der Waals surface area (Å²) >= 11 is 0. The van der Waals surface area contributed by atoms with Crippen molar-refractivity contribution < 1.29 is 4.79 Å². The van der Waals surface area contributed by atoms with Crippen molar-refractivity contribution in [2.75, 3.05) is 0 Å². The Labute approximate surface area is 179 Å². The number of rotatable bonds is 6. The van der Waals surface area contributed by atoms with Crippen LogP contribution >= 0.6 is 0 Å². The van der Waals surface area contributed by atoms with E-state index >= 15 is 0 Å². The molecule has 1 unspecified atom stereocenters. The fourth-order valence-electron chi connectivity index (χ4n) is 3.17. The van der Waals surface area contributed by atoms with Crippen molar-refractivity contribution in [3.63, 3.8) is 0 Å². The highest BCUT2D eigenvalue weighted by atomic mass is 16.1. The topological polar surface area (TPSA) is 111 Å². The van der Waals surface area contributed by atoms with Crippen LogP contribution in [-0.2, 0) is 6.42 Å². The van der Waals surface area contributed by atoms with Crippen LogP contribution < -0.4 is 5.32 Å². The smallest absolute Gasteiger partial charge is 0.251 e. The molecule has 9 heteroatoms. The lowest BCUT2D eigenvalue weighted by molar-refractivity contribution is 0.0939. The fourth-order valence-corrected chi connectivity index (χ4v) is 3.17. The van der Waals surface area contributed by atoms with Crippen LogP contribution in [0.4, 0.5) is 0 Å². The van der Waals surface area contributed by atoms with E-state index in [1.807, 2.05) is 45.0 Å².